The van der Waals surface area contributed by atoms with Crippen molar-refractivity contribution in [3.8, 4) is 11.3 Å². The van der Waals surface area contributed by atoms with Gasteiger partial charge in [-0.3, -0.25) is 4.79 Å². The number of hydrogen-bond acceptors (Lipinski definition) is 2. The van der Waals surface area contributed by atoms with Crippen LogP contribution in [0, 0.1) is 0 Å². The Balaban J connectivity index is 1.80. The average Bonchev–Trinajstić information content (AvgIpc) is 3.04. The molecule has 0 N–H and O–H groups in total. The number of fused-ring (bicyclic) bond motifs is 1. The van der Waals surface area contributed by atoms with Crippen molar-refractivity contribution in [2.45, 2.75) is 52.6 Å². The molecule has 0 saturated carbocycles. The van der Waals surface area contributed by atoms with E-state index in [1.165, 1.54) is 5.56 Å². The number of benzene rings is 1. The summed E-state index contributed by atoms with van der Waals surface area (Å²) in [4.78, 5) is 18.8. The maximum atomic E-state index is 12.4. The molecule has 0 atom stereocenters. The highest BCUT2D eigenvalue weighted by Gasteiger charge is 2.29. The average molecular weight is 311 g/mol. The van der Waals surface area contributed by atoms with E-state index in [1.54, 1.807) is 0 Å². The number of aromatic nitrogens is 2. The molecule has 1 aliphatic heterocycles. The summed E-state index contributed by atoms with van der Waals surface area (Å²) in [6.07, 6.45) is 4.13. The van der Waals surface area contributed by atoms with Gasteiger partial charge in [0.1, 0.15) is 0 Å². The monoisotopic (exact) mass is 311 g/mol. The summed E-state index contributed by atoms with van der Waals surface area (Å²) in [6.45, 7) is 10.2. The van der Waals surface area contributed by atoms with Gasteiger partial charge in [0.2, 0.25) is 5.82 Å². The van der Waals surface area contributed by atoms with Crippen molar-refractivity contribution in [1.29, 1.82) is 0 Å². The number of carbonyl (C=O) groups is 1. The minimum atomic E-state index is 0.0519. The number of rotatable bonds is 4. The zero-order chi connectivity index (χ0) is 16.6. The number of imidazole rings is 1. The van der Waals surface area contributed by atoms with E-state index < -0.39 is 0 Å². The van der Waals surface area contributed by atoms with E-state index in [2.05, 4.69) is 56.9 Å². The zero-order valence-corrected chi connectivity index (χ0v) is 14.5. The highest BCUT2D eigenvalue weighted by Crippen LogP contribution is 2.27. The lowest BCUT2D eigenvalue weighted by atomic mass is 9.86. The number of unbranched alkanes of at least 4 members (excludes halogenated alkanes) is 1. The van der Waals surface area contributed by atoms with Gasteiger partial charge in [-0.1, -0.05) is 58.4 Å². The molecule has 2 heterocycles. The van der Waals surface area contributed by atoms with Gasteiger partial charge in [-0.25, -0.2) is 4.98 Å². The molecule has 3 rings (SSSR count). The molecular weight excluding hydrogens is 286 g/mol. The Hall–Kier alpha value is -2.10. The third-order valence-electron chi connectivity index (χ3n) is 4.41. The summed E-state index contributed by atoms with van der Waals surface area (Å²) >= 11 is 0. The summed E-state index contributed by atoms with van der Waals surface area (Å²) in [5.41, 5.74) is 3.39. The molecule has 0 unspecified atom stereocenters. The predicted octanol–water partition coefficient (Wildman–Crippen LogP) is 4.06. The Morgan fingerprint density at radius 3 is 2.43 bits per heavy atom. The first-order valence-electron chi connectivity index (χ1n) is 8.37. The maximum Gasteiger partial charge on any atom is 0.291 e. The predicted molar refractivity (Wildman–Crippen MR) is 92.3 cm³/mol. The smallest absolute Gasteiger partial charge is 0.291 e. The molecule has 1 aromatic heterocycles. The molecule has 1 amide bonds. The van der Waals surface area contributed by atoms with Gasteiger partial charge >= 0.3 is 0 Å². The summed E-state index contributed by atoms with van der Waals surface area (Å²) in [5, 5.41) is 0. The highest BCUT2D eigenvalue weighted by molar-refractivity contribution is 5.93. The number of amides is 1. The van der Waals surface area contributed by atoms with Gasteiger partial charge in [0.15, 0.2) is 0 Å². The van der Waals surface area contributed by atoms with Crippen molar-refractivity contribution in [1.82, 2.24) is 14.5 Å². The van der Waals surface area contributed by atoms with Crippen LogP contribution in [-0.4, -0.2) is 26.9 Å². The minimum Gasteiger partial charge on any atom is -0.318 e. The van der Waals surface area contributed by atoms with E-state index >= 15 is 0 Å². The van der Waals surface area contributed by atoms with Crippen LogP contribution in [-0.2, 0) is 12.1 Å². The van der Waals surface area contributed by atoms with Crippen LogP contribution in [0.25, 0.3) is 11.3 Å². The molecule has 0 spiro atoms. The Morgan fingerprint density at radius 1 is 1.17 bits per heavy atom. The lowest BCUT2D eigenvalue weighted by Crippen LogP contribution is -2.25. The minimum absolute atomic E-state index is 0.0519. The fourth-order valence-corrected chi connectivity index (χ4v) is 2.89. The molecule has 1 aromatic carbocycles. The van der Waals surface area contributed by atoms with E-state index in [0.29, 0.717) is 12.5 Å². The molecule has 4 nitrogen and oxygen atoms in total. The van der Waals surface area contributed by atoms with Gasteiger partial charge < -0.3 is 9.47 Å². The van der Waals surface area contributed by atoms with Gasteiger partial charge in [-0.15, -0.1) is 0 Å². The third-order valence-corrected chi connectivity index (χ3v) is 4.41. The van der Waals surface area contributed by atoms with Crippen LogP contribution in [0.4, 0.5) is 0 Å². The Labute approximate surface area is 138 Å². The van der Waals surface area contributed by atoms with Gasteiger partial charge in [0.05, 0.1) is 12.4 Å². The van der Waals surface area contributed by atoms with Crippen LogP contribution in [0.15, 0.2) is 30.5 Å². The molecule has 1 aliphatic rings. The van der Waals surface area contributed by atoms with Crippen molar-refractivity contribution in [3.05, 3.63) is 41.9 Å². The van der Waals surface area contributed by atoms with Crippen LogP contribution < -0.4 is 0 Å². The summed E-state index contributed by atoms with van der Waals surface area (Å²) < 4.78 is 1.96. The van der Waals surface area contributed by atoms with Crippen LogP contribution in [0.3, 0.4) is 0 Å². The molecule has 23 heavy (non-hydrogen) atoms. The summed E-state index contributed by atoms with van der Waals surface area (Å²) in [7, 11) is 0. The Morgan fingerprint density at radius 2 is 1.87 bits per heavy atom. The topological polar surface area (TPSA) is 38.1 Å². The van der Waals surface area contributed by atoms with Crippen molar-refractivity contribution < 1.29 is 4.79 Å². The van der Waals surface area contributed by atoms with Crippen molar-refractivity contribution >= 4 is 5.91 Å². The zero-order valence-electron chi connectivity index (χ0n) is 14.5. The van der Waals surface area contributed by atoms with E-state index in [1.807, 2.05) is 15.7 Å². The molecule has 4 heteroatoms. The van der Waals surface area contributed by atoms with E-state index in [0.717, 1.165) is 30.6 Å². The van der Waals surface area contributed by atoms with Gasteiger partial charge in [-0.05, 0) is 17.4 Å². The lowest BCUT2D eigenvalue weighted by molar-refractivity contribution is 0.0763. The van der Waals surface area contributed by atoms with E-state index in [4.69, 9.17) is 0 Å². The lowest BCUT2D eigenvalue weighted by Gasteiger charge is -2.19. The second kappa shape index (κ2) is 5.84. The van der Waals surface area contributed by atoms with Gasteiger partial charge in [0.25, 0.3) is 5.91 Å². The Kier molecular flexibility index (Phi) is 4.00. The second-order valence-electron chi connectivity index (χ2n) is 7.31. The van der Waals surface area contributed by atoms with Gasteiger partial charge in [-0.2, -0.15) is 0 Å². The second-order valence-corrected chi connectivity index (χ2v) is 7.31. The highest BCUT2D eigenvalue weighted by atomic mass is 16.2. The molecule has 122 valence electrons. The van der Waals surface area contributed by atoms with Crippen LogP contribution in [0.1, 0.15) is 56.7 Å². The maximum absolute atomic E-state index is 12.4. The standard InChI is InChI=1S/C19H25N3O/c1-5-6-11-21-13-22-12-16(20-17(22)18(21)23)14-7-9-15(10-8-14)19(2,3)4/h7-10,12H,5-6,11,13H2,1-4H3. The molecular formula is C19H25N3O. The van der Waals surface area contributed by atoms with Crippen LogP contribution in [0.5, 0.6) is 0 Å². The number of nitrogens with zero attached hydrogens (tertiary/aromatic N) is 3. The summed E-state index contributed by atoms with van der Waals surface area (Å²) in [5.74, 6) is 0.618. The van der Waals surface area contributed by atoms with Crippen molar-refractivity contribution in [2.75, 3.05) is 6.54 Å². The number of hydrogen-bond donors (Lipinski definition) is 0. The largest absolute Gasteiger partial charge is 0.318 e. The first-order valence-corrected chi connectivity index (χ1v) is 8.37. The summed E-state index contributed by atoms with van der Waals surface area (Å²) in [6, 6.07) is 8.49. The van der Waals surface area contributed by atoms with Crippen LogP contribution >= 0.6 is 0 Å². The molecule has 0 aliphatic carbocycles. The molecule has 0 radical (unpaired) electrons. The number of carbonyl (C=O) groups excluding carboxylic acids is 1. The van der Waals surface area contributed by atoms with E-state index in [-0.39, 0.29) is 11.3 Å². The van der Waals surface area contributed by atoms with Crippen molar-refractivity contribution in [3.63, 3.8) is 0 Å². The van der Waals surface area contributed by atoms with Gasteiger partial charge in [0, 0.05) is 18.3 Å². The fourth-order valence-electron chi connectivity index (χ4n) is 2.89. The quantitative estimate of drug-likeness (QED) is 0.854. The molecule has 2 aromatic rings. The van der Waals surface area contributed by atoms with Crippen molar-refractivity contribution in [2.24, 2.45) is 0 Å². The molecule has 0 saturated heterocycles. The van der Waals surface area contributed by atoms with E-state index in [9.17, 15) is 4.79 Å². The first-order chi connectivity index (χ1) is 10.9. The first kappa shape index (κ1) is 15.8. The Bertz CT molecular complexity index is 707. The normalized spacial score (nSPS) is 14.4. The molecule has 0 bridgehead atoms. The SMILES string of the molecule is CCCCN1Cn2cc(-c3ccc(C(C)(C)C)cc3)nc2C1=O. The van der Waals surface area contributed by atoms with Crippen LogP contribution in [0.2, 0.25) is 0 Å². The fraction of sp³-hybridized carbons (Fsp3) is 0.474. The third kappa shape index (κ3) is 3.03. The molecule has 0 fully saturated rings.